The molecule has 0 aliphatic carbocycles. The number of aromatic nitrogens is 4. The maximum absolute atomic E-state index is 12.9. The summed E-state index contributed by atoms with van der Waals surface area (Å²) in [5.74, 6) is -1.33. The van der Waals surface area contributed by atoms with Crippen molar-refractivity contribution in [1.82, 2.24) is 24.5 Å². The molecule has 3 heterocycles. The van der Waals surface area contributed by atoms with E-state index in [9.17, 15) is 18.0 Å². The zero-order valence-corrected chi connectivity index (χ0v) is 18.4. The third kappa shape index (κ3) is 4.36. The number of carbonyl (C=O) groups is 1. The van der Waals surface area contributed by atoms with E-state index in [-0.39, 0.29) is 18.1 Å². The van der Waals surface area contributed by atoms with E-state index in [1.54, 1.807) is 18.7 Å². The molecule has 0 radical (unpaired) electrons. The summed E-state index contributed by atoms with van der Waals surface area (Å²) in [5, 5.41) is 4.24. The number of alkyl halides is 3. The second-order valence-electron chi connectivity index (χ2n) is 7.73. The maximum atomic E-state index is 12.9. The van der Waals surface area contributed by atoms with Crippen LogP contribution in [0.3, 0.4) is 0 Å². The summed E-state index contributed by atoms with van der Waals surface area (Å²) in [7, 11) is 0. The number of anilines is 1. The van der Waals surface area contributed by atoms with Gasteiger partial charge in [-0.15, -0.1) is 5.10 Å². The van der Waals surface area contributed by atoms with Gasteiger partial charge in [-0.1, -0.05) is 23.7 Å². The molecule has 3 aromatic rings. The van der Waals surface area contributed by atoms with Crippen molar-refractivity contribution < 1.29 is 18.0 Å². The van der Waals surface area contributed by atoms with Crippen LogP contribution in [0.1, 0.15) is 29.2 Å². The van der Waals surface area contributed by atoms with Crippen LogP contribution in [-0.4, -0.2) is 56.6 Å². The van der Waals surface area contributed by atoms with Gasteiger partial charge < -0.3 is 9.80 Å². The van der Waals surface area contributed by atoms with E-state index in [2.05, 4.69) is 20.0 Å². The molecule has 1 aromatic carbocycles. The van der Waals surface area contributed by atoms with Gasteiger partial charge in [-0.25, -0.2) is 9.50 Å². The molecular formula is C21H22ClF3N6O. The minimum atomic E-state index is -4.64. The molecule has 1 fully saturated rings. The third-order valence-electron chi connectivity index (χ3n) is 5.72. The van der Waals surface area contributed by atoms with Crippen molar-refractivity contribution in [2.75, 3.05) is 31.1 Å². The lowest BCUT2D eigenvalue weighted by molar-refractivity contribution is -0.144. The molecule has 0 bridgehead atoms. The fraction of sp³-hybridized carbons (Fsp3) is 0.429. The highest BCUT2D eigenvalue weighted by molar-refractivity contribution is 6.33. The molecule has 1 aliphatic heterocycles. The Hall–Kier alpha value is -2.88. The smallest absolute Gasteiger partial charge is 0.367 e. The first-order chi connectivity index (χ1) is 15.1. The summed E-state index contributed by atoms with van der Waals surface area (Å²) >= 11 is 6.27. The van der Waals surface area contributed by atoms with Gasteiger partial charge in [0.05, 0.1) is 10.7 Å². The lowest BCUT2D eigenvalue weighted by Gasteiger charge is -2.36. The van der Waals surface area contributed by atoms with Crippen molar-refractivity contribution in [1.29, 1.82) is 0 Å². The molecule has 1 saturated heterocycles. The number of carbonyl (C=O) groups excluding carboxylic acids is 1. The Morgan fingerprint density at radius 3 is 2.44 bits per heavy atom. The molecule has 0 spiro atoms. The number of amides is 1. The van der Waals surface area contributed by atoms with Gasteiger partial charge in [0, 0.05) is 44.0 Å². The summed E-state index contributed by atoms with van der Waals surface area (Å²) in [6.45, 7) is 5.89. The summed E-state index contributed by atoms with van der Waals surface area (Å²) in [6.07, 6.45) is -4.04. The number of rotatable bonds is 4. The Morgan fingerprint density at radius 2 is 1.78 bits per heavy atom. The van der Waals surface area contributed by atoms with E-state index in [1.165, 1.54) is 0 Å². The Kier molecular flexibility index (Phi) is 5.98. The Bertz CT molecular complexity index is 1150. The van der Waals surface area contributed by atoms with E-state index in [4.69, 9.17) is 11.6 Å². The van der Waals surface area contributed by atoms with Crippen molar-refractivity contribution in [2.24, 2.45) is 0 Å². The summed E-state index contributed by atoms with van der Waals surface area (Å²) in [6, 6.07) is 7.62. The highest BCUT2D eigenvalue weighted by atomic mass is 35.5. The van der Waals surface area contributed by atoms with Crippen LogP contribution in [0.25, 0.3) is 5.78 Å². The van der Waals surface area contributed by atoms with Gasteiger partial charge in [0.25, 0.3) is 11.6 Å². The molecular weight excluding hydrogens is 445 g/mol. The quantitative estimate of drug-likeness (QED) is 0.586. The first-order valence-electron chi connectivity index (χ1n) is 10.2. The molecule has 11 heteroatoms. The second-order valence-corrected chi connectivity index (χ2v) is 8.13. The molecule has 4 rings (SSSR count). The number of halogens is 4. The lowest BCUT2D eigenvalue weighted by Crippen LogP contribution is -2.49. The zero-order chi connectivity index (χ0) is 23.0. The van der Waals surface area contributed by atoms with Crippen LogP contribution >= 0.6 is 11.6 Å². The number of nitrogens with zero attached hydrogens (tertiary/aromatic N) is 6. The molecule has 0 unspecified atom stereocenters. The van der Waals surface area contributed by atoms with Crippen molar-refractivity contribution in [3.63, 3.8) is 0 Å². The summed E-state index contributed by atoms with van der Waals surface area (Å²) < 4.78 is 39.9. The fourth-order valence-electron chi connectivity index (χ4n) is 3.99. The molecule has 32 heavy (non-hydrogen) atoms. The van der Waals surface area contributed by atoms with E-state index >= 15 is 0 Å². The first kappa shape index (κ1) is 22.3. The number of hydrogen-bond donors (Lipinski definition) is 0. The van der Waals surface area contributed by atoms with Crippen LogP contribution in [0.15, 0.2) is 24.3 Å². The monoisotopic (exact) mass is 466 g/mol. The minimum absolute atomic E-state index is 0.00252. The summed E-state index contributed by atoms with van der Waals surface area (Å²) in [5.41, 5.74) is 2.72. The van der Waals surface area contributed by atoms with Gasteiger partial charge in [0.15, 0.2) is 0 Å². The molecule has 0 atom stereocenters. The van der Waals surface area contributed by atoms with Crippen LogP contribution in [-0.2, 0) is 17.4 Å². The topological polar surface area (TPSA) is 66.6 Å². The molecule has 0 N–H and O–H groups in total. The number of para-hydroxylation sites is 1. The van der Waals surface area contributed by atoms with E-state index in [1.807, 2.05) is 24.3 Å². The van der Waals surface area contributed by atoms with Crippen LogP contribution < -0.4 is 4.90 Å². The molecule has 7 nitrogen and oxygen atoms in total. The minimum Gasteiger partial charge on any atom is -0.367 e. The highest BCUT2D eigenvalue weighted by Crippen LogP contribution is 2.28. The van der Waals surface area contributed by atoms with Crippen LogP contribution in [0.5, 0.6) is 0 Å². The Labute approximate surface area is 187 Å². The van der Waals surface area contributed by atoms with Crippen molar-refractivity contribution in [3.05, 3.63) is 52.1 Å². The van der Waals surface area contributed by atoms with Gasteiger partial charge in [0.2, 0.25) is 5.91 Å². The third-order valence-corrected chi connectivity index (χ3v) is 6.04. The number of benzene rings is 1. The number of hydrogen-bond acceptors (Lipinski definition) is 5. The Balaban J connectivity index is 1.41. The van der Waals surface area contributed by atoms with Crippen molar-refractivity contribution in [3.8, 4) is 0 Å². The standard InChI is InChI=1S/C21H22ClF3N6O/c1-13-15(14(2)31-20(26-13)27-19(28-31)21(23,24)25)7-8-18(32)30-11-9-29(10-12-30)17-6-4-3-5-16(17)22/h3-6H,7-12H2,1-2H3. The highest BCUT2D eigenvalue weighted by Gasteiger charge is 2.37. The average Bonchev–Trinajstić information content (AvgIpc) is 3.19. The van der Waals surface area contributed by atoms with Crippen molar-refractivity contribution in [2.45, 2.75) is 32.9 Å². The molecule has 0 saturated carbocycles. The molecule has 170 valence electrons. The normalized spacial score (nSPS) is 14.9. The number of piperazine rings is 1. The van der Waals surface area contributed by atoms with Crippen LogP contribution in [0.4, 0.5) is 18.9 Å². The van der Waals surface area contributed by atoms with Crippen LogP contribution in [0, 0.1) is 13.8 Å². The first-order valence-corrected chi connectivity index (χ1v) is 10.6. The van der Waals surface area contributed by atoms with E-state index < -0.39 is 12.0 Å². The van der Waals surface area contributed by atoms with Gasteiger partial charge >= 0.3 is 6.18 Å². The Morgan fingerprint density at radius 1 is 1.09 bits per heavy atom. The van der Waals surface area contributed by atoms with Gasteiger partial charge in [-0.05, 0) is 38.0 Å². The average molecular weight is 467 g/mol. The predicted octanol–water partition coefficient (Wildman–Crippen LogP) is 3.69. The second kappa shape index (κ2) is 8.57. The SMILES string of the molecule is Cc1nc2nc(C(F)(F)F)nn2c(C)c1CCC(=O)N1CCN(c2ccccc2Cl)CC1. The summed E-state index contributed by atoms with van der Waals surface area (Å²) in [4.78, 5) is 24.4. The zero-order valence-electron chi connectivity index (χ0n) is 17.7. The maximum Gasteiger partial charge on any atom is 0.453 e. The largest absolute Gasteiger partial charge is 0.453 e. The lowest BCUT2D eigenvalue weighted by atomic mass is 10.1. The van der Waals surface area contributed by atoms with Gasteiger partial charge in [-0.2, -0.15) is 18.2 Å². The van der Waals surface area contributed by atoms with E-state index in [0.29, 0.717) is 54.6 Å². The van der Waals surface area contributed by atoms with E-state index in [0.717, 1.165) is 10.2 Å². The molecule has 1 amide bonds. The number of fused-ring (bicyclic) bond motifs is 1. The van der Waals surface area contributed by atoms with Crippen LogP contribution in [0.2, 0.25) is 5.02 Å². The number of aryl methyl sites for hydroxylation is 2. The van der Waals surface area contributed by atoms with Gasteiger partial charge in [-0.3, -0.25) is 4.79 Å². The van der Waals surface area contributed by atoms with Crippen molar-refractivity contribution >= 4 is 29.0 Å². The predicted molar refractivity (Wildman–Crippen MR) is 114 cm³/mol. The molecule has 1 aliphatic rings. The molecule has 2 aromatic heterocycles. The fourth-order valence-corrected chi connectivity index (χ4v) is 4.24. The van der Waals surface area contributed by atoms with Gasteiger partial charge in [0.1, 0.15) is 0 Å².